The summed E-state index contributed by atoms with van der Waals surface area (Å²) in [6.07, 6.45) is 13.1. The van der Waals surface area contributed by atoms with E-state index in [9.17, 15) is 8.78 Å². The molecule has 7 heteroatoms. The van der Waals surface area contributed by atoms with Crippen molar-refractivity contribution >= 4 is 10.9 Å². The van der Waals surface area contributed by atoms with E-state index in [1.165, 1.54) is 35.9 Å². The average Bonchev–Trinajstić information content (AvgIpc) is 3.50. The topological polar surface area (TPSA) is 58.5 Å². The predicted molar refractivity (Wildman–Crippen MR) is 125 cm³/mol. The smallest absolute Gasteiger partial charge is 0.159 e. The lowest BCUT2D eigenvalue weighted by molar-refractivity contribution is 0.275. The molecule has 0 amide bonds. The fourth-order valence-corrected chi connectivity index (χ4v) is 5.06. The van der Waals surface area contributed by atoms with Gasteiger partial charge in [0.1, 0.15) is 12.7 Å². The number of aryl methyl sites for hydroxylation is 2. The monoisotopic (exact) mass is 449 g/mol. The number of aromatic amines is 1. The molecule has 4 aromatic rings. The number of fused-ring (bicyclic) bond motifs is 1. The Balaban J connectivity index is 1.13. The normalized spacial score (nSPS) is 18.7. The molecule has 5 rings (SSSR count). The van der Waals surface area contributed by atoms with Crippen molar-refractivity contribution in [1.29, 1.82) is 0 Å². The van der Waals surface area contributed by atoms with E-state index < -0.39 is 11.6 Å². The quantitative estimate of drug-likeness (QED) is 0.381. The first-order valence-electron chi connectivity index (χ1n) is 11.8. The summed E-state index contributed by atoms with van der Waals surface area (Å²) in [5.74, 6) is -0.827. The molecule has 0 spiro atoms. The molecule has 3 heterocycles. The molecule has 0 bridgehead atoms. The van der Waals surface area contributed by atoms with Gasteiger partial charge in [0.2, 0.25) is 0 Å². The molecule has 1 fully saturated rings. The van der Waals surface area contributed by atoms with Gasteiger partial charge in [-0.2, -0.15) is 0 Å². The van der Waals surface area contributed by atoms with Gasteiger partial charge in [-0.15, -0.1) is 10.2 Å². The van der Waals surface area contributed by atoms with E-state index in [4.69, 9.17) is 0 Å². The fraction of sp³-hybridized carbons (Fsp3) is 0.385. The van der Waals surface area contributed by atoms with Gasteiger partial charge in [0.25, 0.3) is 0 Å². The molecular formula is C26H29F2N5. The molecule has 1 aliphatic rings. The molecule has 2 aromatic carbocycles. The summed E-state index contributed by atoms with van der Waals surface area (Å²) in [5.41, 5.74) is 4.43. The van der Waals surface area contributed by atoms with Gasteiger partial charge in [-0.3, -0.25) is 4.57 Å². The molecule has 172 valence electrons. The number of hydrogen-bond donors (Lipinski definition) is 2. The van der Waals surface area contributed by atoms with Crippen LogP contribution in [0.5, 0.6) is 0 Å². The van der Waals surface area contributed by atoms with Gasteiger partial charge in [0.15, 0.2) is 11.6 Å². The minimum Gasteiger partial charge on any atom is -0.361 e. The highest BCUT2D eigenvalue weighted by Crippen LogP contribution is 2.27. The van der Waals surface area contributed by atoms with E-state index in [0.717, 1.165) is 55.4 Å². The van der Waals surface area contributed by atoms with Crippen LogP contribution >= 0.6 is 0 Å². The number of halogens is 2. The van der Waals surface area contributed by atoms with Crippen LogP contribution in [-0.4, -0.2) is 32.3 Å². The average molecular weight is 450 g/mol. The van der Waals surface area contributed by atoms with Crippen molar-refractivity contribution < 1.29 is 8.78 Å². The lowest BCUT2D eigenvalue weighted by Gasteiger charge is -2.30. The second-order valence-corrected chi connectivity index (χ2v) is 9.13. The summed E-state index contributed by atoms with van der Waals surface area (Å²) in [6.45, 7) is 1.03. The molecule has 5 nitrogen and oxygen atoms in total. The third-order valence-electron chi connectivity index (χ3n) is 6.90. The van der Waals surface area contributed by atoms with Crippen LogP contribution in [0.1, 0.15) is 43.2 Å². The second kappa shape index (κ2) is 9.83. The SMILES string of the molecule is Fc1ccc(CCC2CC(CCCc3c[nH]c4ccc(-n5cnnc5)cc34)CCN2)cc1F. The van der Waals surface area contributed by atoms with Crippen LogP contribution in [0, 0.1) is 17.6 Å². The van der Waals surface area contributed by atoms with Crippen LogP contribution in [-0.2, 0) is 12.8 Å². The Labute approximate surface area is 192 Å². The summed E-state index contributed by atoms with van der Waals surface area (Å²) in [5, 5.41) is 12.7. The molecule has 33 heavy (non-hydrogen) atoms. The van der Waals surface area contributed by atoms with Crippen LogP contribution in [0.25, 0.3) is 16.6 Å². The Kier molecular flexibility index (Phi) is 6.48. The first-order chi connectivity index (χ1) is 16.2. The Morgan fingerprint density at radius 1 is 0.970 bits per heavy atom. The van der Waals surface area contributed by atoms with Crippen LogP contribution < -0.4 is 5.32 Å². The van der Waals surface area contributed by atoms with Gasteiger partial charge in [-0.05, 0) is 92.4 Å². The van der Waals surface area contributed by atoms with Gasteiger partial charge in [-0.1, -0.05) is 12.5 Å². The van der Waals surface area contributed by atoms with Crippen molar-refractivity contribution in [3.63, 3.8) is 0 Å². The highest BCUT2D eigenvalue weighted by atomic mass is 19.2. The maximum atomic E-state index is 13.5. The highest BCUT2D eigenvalue weighted by Gasteiger charge is 2.21. The standard InChI is InChI=1S/C26H29F2N5/c27-24-8-5-19(13-25(24)28)4-6-21-12-18(10-11-29-21)2-1-3-20-15-30-26-9-7-22(14-23(20)26)33-16-31-32-17-33/h5,7-9,13-18,21,29-30H,1-4,6,10-12H2. The van der Waals surface area contributed by atoms with Gasteiger partial charge < -0.3 is 10.3 Å². The van der Waals surface area contributed by atoms with Gasteiger partial charge >= 0.3 is 0 Å². The molecule has 1 saturated heterocycles. The van der Waals surface area contributed by atoms with E-state index in [1.54, 1.807) is 18.7 Å². The van der Waals surface area contributed by atoms with Crippen LogP contribution in [0.4, 0.5) is 8.78 Å². The second-order valence-electron chi connectivity index (χ2n) is 9.13. The third kappa shape index (κ3) is 5.14. The zero-order chi connectivity index (χ0) is 22.6. The molecule has 2 N–H and O–H groups in total. The Morgan fingerprint density at radius 3 is 2.70 bits per heavy atom. The molecule has 0 radical (unpaired) electrons. The molecule has 0 aliphatic carbocycles. The number of benzene rings is 2. The Hall–Kier alpha value is -3.06. The Bertz CT molecular complexity index is 1200. The van der Waals surface area contributed by atoms with Crippen LogP contribution in [0.15, 0.2) is 55.2 Å². The predicted octanol–water partition coefficient (Wildman–Crippen LogP) is 5.35. The summed E-state index contributed by atoms with van der Waals surface area (Å²) in [6, 6.07) is 11.1. The number of rotatable bonds is 8. The lowest BCUT2D eigenvalue weighted by Crippen LogP contribution is -2.38. The van der Waals surface area contributed by atoms with E-state index >= 15 is 0 Å². The number of aromatic nitrogens is 4. The highest BCUT2D eigenvalue weighted by molar-refractivity contribution is 5.85. The molecule has 2 aromatic heterocycles. The molecule has 2 unspecified atom stereocenters. The fourth-order valence-electron chi connectivity index (χ4n) is 5.06. The Morgan fingerprint density at radius 2 is 1.85 bits per heavy atom. The molecule has 0 saturated carbocycles. The van der Waals surface area contributed by atoms with E-state index in [-0.39, 0.29) is 0 Å². The van der Waals surface area contributed by atoms with E-state index in [1.807, 2.05) is 4.57 Å². The van der Waals surface area contributed by atoms with Crippen LogP contribution in [0.2, 0.25) is 0 Å². The lowest BCUT2D eigenvalue weighted by atomic mass is 9.85. The molecule has 1 aliphatic heterocycles. The number of piperidine rings is 1. The number of nitrogens with zero attached hydrogens (tertiary/aromatic N) is 3. The van der Waals surface area contributed by atoms with E-state index in [0.29, 0.717) is 12.0 Å². The van der Waals surface area contributed by atoms with Crippen molar-refractivity contribution in [3.05, 3.63) is 78.0 Å². The molecule has 2 atom stereocenters. The van der Waals surface area contributed by atoms with Crippen molar-refractivity contribution in [2.45, 2.75) is 51.0 Å². The van der Waals surface area contributed by atoms with E-state index in [2.05, 4.69) is 44.9 Å². The van der Waals surface area contributed by atoms with Crippen molar-refractivity contribution in [3.8, 4) is 5.69 Å². The minimum atomic E-state index is -0.778. The zero-order valence-corrected chi connectivity index (χ0v) is 18.6. The largest absolute Gasteiger partial charge is 0.361 e. The van der Waals surface area contributed by atoms with Crippen molar-refractivity contribution in [2.75, 3.05) is 6.54 Å². The number of hydrogen-bond acceptors (Lipinski definition) is 3. The van der Waals surface area contributed by atoms with Crippen LogP contribution in [0.3, 0.4) is 0 Å². The number of nitrogens with one attached hydrogen (secondary N) is 2. The summed E-state index contributed by atoms with van der Waals surface area (Å²) in [7, 11) is 0. The number of H-pyrrole nitrogens is 1. The molecular weight excluding hydrogens is 420 g/mol. The van der Waals surface area contributed by atoms with Crippen molar-refractivity contribution in [1.82, 2.24) is 25.1 Å². The van der Waals surface area contributed by atoms with Gasteiger partial charge in [0, 0.05) is 28.8 Å². The summed E-state index contributed by atoms with van der Waals surface area (Å²) < 4.78 is 28.5. The maximum Gasteiger partial charge on any atom is 0.159 e. The van der Waals surface area contributed by atoms with Gasteiger partial charge in [-0.25, -0.2) is 8.78 Å². The summed E-state index contributed by atoms with van der Waals surface area (Å²) >= 11 is 0. The summed E-state index contributed by atoms with van der Waals surface area (Å²) in [4.78, 5) is 3.40. The third-order valence-corrected chi connectivity index (χ3v) is 6.90. The van der Waals surface area contributed by atoms with Crippen molar-refractivity contribution in [2.24, 2.45) is 5.92 Å². The minimum absolute atomic E-state index is 0.441. The zero-order valence-electron chi connectivity index (χ0n) is 18.6. The first-order valence-corrected chi connectivity index (χ1v) is 11.8. The van der Waals surface area contributed by atoms with Gasteiger partial charge in [0.05, 0.1) is 0 Å². The first kappa shape index (κ1) is 21.8. The maximum absolute atomic E-state index is 13.5.